The van der Waals surface area contributed by atoms with E-state index in [0.717, 1.165) is 25.1 Å². The fourth-order valence-corrected chi connectivity index (χ4v) is 4.69. The molecular formula is C21H36N6O3. The molecule has 168 valence electrons. The van der Waals surface area contributed by atoms with Crippen molar-refractivity contribution >= 4 is 11.8 Å². The summed E-state index contributed by atoms with van der Waals surface area (Å²) in [6, 6.07) is -0.833. The summed E-state index contributed by atoms with van der Waals surface area (Å²) in [6.45, 7) is 7.19. The average Bonchev–Trinajstić information content (AvgIpc) is 3.28. The smallest absolute Gasteiger partial charge is 0.248 e. The summed E-state index contributed by atoms with van der Waals surface area (Å²) in [6.07, 6.45) is 5.83. The van der Waals surface area contributed by atoms with Crippen LogP contribution in [0.1, 0.15) is 58.2 Å². The van der Waals surface area contributed by atoms with Crippen LogP contribution < -0.4 is 5.32 Å². The Balaban J connectivity index is 1.82. The molecule has 0 spiro atoms. The lowest BCUT2D eigenvalue weighted by Gasteiger charge is -2.34. The van der Waals surface area contributed by atoms with Gasteiger partial charge in [0.1, 0.15) is 12.1 Å². The number of carbonyl (C=O) groups is 2. The number of piperidine rings is 1. The first kappa shape index (κ1) is 22.7. The Bertz CT molecular complexity index is 758. The van der Waals surface area contributed by atoms with E-state index in [4.69, 9.17) is 0 Å². The maximum atomic E-state index is 13.6. The molecule has 1 aromatic heterocycles. The van der Waals surface area contributed by atoms with Gasteiger partial charge in [0.15, 0.2) is 0 Å². The van der Waals surface area contributed by atoms with Gasteiger partial charge in [0.05, 0.1) is 11.8 Å². The summed E-state index contributed by atoms with van der Waals surface area (Å²) in [5.41, 5.74) is 0.435. The number of hydrogen-bond acceptors (Lipinski definition) is 6. The summed E-state index contributed by atoms with van der Waals surface area (Å²) >= 11 is 0. The third kappa shape index (κ3) is 4.83. The van der Waals surface area contributed by atoms with Crippen molar-refractivity contribution in [2.24, 2.45) is 5.41 Å². The summed E-state index contributed by atoms with van der Waals surface area (Å²) in [7, 11) is 3.69. The average molecular weight is 421 g/mol. The van der Waals surface area contributed by atoms with Crippen molar-refractivity contribution in [2.75, 3.05) is 27.2 Å². The molecule has 2 N–H and O–H groups in total. The number of aliphatic hydroxyl groups excluding tert-OH is 1. The van der Waals surface area contributed by atoms with Gasteiger partial charge in [-0.1, -0.05) is 32.4 Å². The first-order chi connectivity index (χ1) is 14.1. The first-order valence-corrected chi connectivity index (χ1v) is 10.9. The SMILES string of the molecule is CNC(=O)[C@H]1C[C@H](O)CN1C(=O)[C@@H](n1cc(CC2CCCCN2C)nn1)C(C)(C)C. The number of aromatic nitrogens is 3. The molecule has 3 rings (SSSR count). The predicted octanol–water partition coefficient (Wildman–Crippen LogP) is 0.600. The van der Waals surface area contributed by atoms with Crippen LogP contribution in [0.25, 0.3) is 0 Å². The Hall–Kier alpha value is -2.00. The molecular weight excluding hydrogens is 384 g/mol. The highest BCUT2D eigenvalue weighted by Gasteiger charge is 2.45. The fourth-order valence-electron chi connectivity index (χ4n) is 4.69. The van der Waals surface area contributed by atoms with E-state index in [-0.39, 0.29) is 24.8 Å². The van der Waals surface area contributed by atoms with Crippen molar-refractivity contribution in [3.63, 3.8) is 0 Å². The van der Waals surface area contributed by atoms with E-state index in [1.54, 1.807) is 11.7 Å². The number of β-amino-alcohol motifs (C(OH)–C–C–N with tert-alkyl or cyclic N) is 1. The third-order valence-corrected chi connectivity index (χ3v) is 6.35. The molecule has 3 heterocycles. The second-order valence-corrected chi connectivity index (χ2v) is 9.80. The molecule has 30 heavy (non-hydrogen) atoms. The molecule has 4 atom stereocenters. The van der Waals surface area contributed by atoms with Crippen LogP contribution in [0.4, 0.5) is 0 Å². The van der Waals surface area contributed by atoms with E-state index in [1.165, 1.54) is 17.7 Å². The normalized spacial score (nSPS) is 26.6. The van der Waals surface area contributed by atoms with Crippen LogP contribution in [0.5, 0.6) is 0 Å². The van der Waals surface area contributed by atoms with Gasteiger partial charge in [-0.15, -0.1) is 5.10 Å². The second kappa shape index (κ2) is 9.01. The number of likely N-dealkylation sites (tertiary alicyclic amines) is 2. The molecule has 1 aromatic rings. The maximum Gasteiger partial charge on any atom is 0.248 e. The molecule has 2 fully saturated rings. The van der Waals surface area contributed by atoms with Gasteiger partial charge < -0.3 is 20.2 Å². The largest absolute Gasteiger partial charge is 0.391 e. The molecule has 9 nitrogen and oxygen atoms in total. The van der Waals surface area contributed by atoms with Gasteiger partial charge in [-0.3, -0.25) is 9.59 Å². The number of carbonyl (C=O) groups excluding carboxylic acids is 2. The van der Waals surface area contributed by atoms with Gasteiger partial charge in [-0.25, -0.2) is 4.68 Å². The van der Waals surface area contributed by atoms with Crippen molar-refractivity contribution in [1.29, 1.82) is 0 Å². The van der Waals surface area contributed by atoms with Crippen LogP contribution in [0.15, 0.2) is 6.20 Å². The summed E-state index contributed by atoms with van der Waals surface area (Å²) in [4.78, 5) is 29.7. The highest BCUT2D eigenvalue weighted by molar-refractivity contribution is 5.90. The van der Waals surface area contributed by atoms with Gasteiger partial charge in [0.2, 0.25) is 11.8 Å². The van der Waals surface area contributed by atoms with Crippen LogP contribution in [0.2, 0.25) is 0 Å². The topological polar surface area (TPSA) is 104 Å². The quantitative estimate of drug-likeness (QED) is 0.723. The van der Waals surface area contributed by atoms with Crippen LogP contribution in [0, 0.1) is 5.41 Å². The molecule has 0 aliphatic carbocycles. The molecule has 0 saturated carbocycles. The highest BCUT2D eigenvalue weighted by atomic mass is 16.3. The summed E-state index contributed by atoms with van der Waals surface area (Å²) in [5, 5.41) is 21.4. The first-order valence-electron chi connectivity index (χ1n) is 10.9. The van der Waals surface area contributed by atoms with Gasteiger partial charge in [0, 0.05) is 38.7 Å². The second-order valence-electron chi connectivity index (χ2n) is 9.80. The number of rotatable bonds is 5. The number of amides is 2. The zero-order valence-corrected chi connectivity index (χ0v) is 18.8. The highest BCUT2D eigenvalue weighted by Crippen LogP contribution is 2.34. The summed E-state index contributed by atoms with van der Waals surface area (Å²) < 4.78 is 1.64. The minimum Gasteiger partial charge on any atom is -0.391 e. The van der Waals surface area contributed by atoms with Crippen molar-refractivity contribution in [2.45, 2.75) is 77.1 Å². The molecule has 2 aliphatic heterocycles. The lowest BCUT2D eigenvalue weighted by Crippen LogP contribution is -2.49. The van der Waals surface area contributed by atoms with E-state index in [0.29, 0.717) is 6.04 Å². The predicted molar refractivity (Wildman–Crippen MR) is 113 cm³/mol. The zero-order chi connectivity index (χ0) is 22.1. The van der Waals surface area contributed by atoms with Crippen molar-refractivity contribution in [3.05, 3.63) is 11.9 Å². The Morgan fingerprint density at radius 2 is 2.07 bits per heavy atom. The molecule has 9 heteroatoms. The lowest BCUT2D eigenvalue weighted by atomic mass is 9.85. The Kier molecular flexibility index (Phi) is 6.81. The molecule has 0 bridgehead atoms. The summed E-state index contributed by atoms with van der Waals surface area (Å²) in [5.74, 6) is -0.467. The Labute approximate surface area is 178 Å². The van der Waals surface area contributed by atoms with E-state index in [1.807, 2.05) is 27.0 Å². The van der Waals surface area contributed by atoms with Crippen LogP contribution >= 0.6 is 0 Å². The van der Waals surface area contributed by atoms with Crippen molar-refractivity contribution in [3.8, 4) is 0 Å². The van der Waals surface area contributed by atoms with E-state index in [9.17, 15) is 14.7 Å². The monoisotopic (exact) mass is 420 g/mol. The van der Waals surface area contributed by atoms with Gasteiger partial charge >= 0.3 is 0 Å². The van der Waals surface area contributed by atoms with Crippen LogP contribution in [-0.4, -0.2) is 87.1 Å². The molecule has 2 aliphatic rings. The number of nitrogens with zero attached hydrogens (tertiary/aromatic N) is 5. The van der Waals surface area contributed by atoms with E-state index >= 15 is 0 Å². The van der Waals surface area contributed by atoms with E-state index in [2.05, 4.69) is 27.6 Å². The number of nitrogens with one attached hydrogen (secondary N) is 1. The molecule has 0 radical (unpaired) electrons. The Morgan fingerprint density at radius 3 is 2.70 bits per heavy atom. The number of aliphatic hydroxyl groups is 1. The lowest BCUT2D eigenvalue weighted by molar-refractivity contribution is -0.144. The molecule has 1 unspecified atom stereocenters. The number of likely N-dealkylation sites (N-methyl/N-ethyl adjacent to an activating group) is 2. The van der Waals surface area contributed by atoms with Gasteiger partial charge in [-0.2, -0.15) is 0 Å². The maximum absolute atomic E-state index is 13.6. The third-order valence-electron chi connectivity index (χ3n) is 6.35. The number of hydrogen-bond donors (Lipinski definition) is 2. The van der Waals surface area contributed by atoms with Crippen LogP contribution in [0.3, 0.4) is 0 Å². The zero-order valence-electron chi connectivity index (χ0n) is 18.8. The van der Waals surface area contributed by atoms with Gasteiger partial charge in [-0.05, 0) is 31.8 Å². The molecule has 2 amide bonds. The van der Waals surface area contributed by atoms with Crippen molar-refractivity contribution < 1.29 is 14.7 Å². The Morgan fingerprint density at radius 1 is 1.33 bits per heavy atom. The van der Waals surface area contributed by atoms with Crippen LogP contribution in [-0.2, 0) is 16.0 Å². The molecule has 0 aromatic carbocycles. The molecule has 2 saturated heterocycles. The standard InChI is InChI=1S/C21H36N6O3/c1-21(2,3)18(20(30)26-13-16(28)11-17(26)19(29)22-4)27-12-14(23-24-27)10-15-8-6-7-9-25(15)5/h12,15-18,28H,6-11,13H2,1-5H3,(H,22,29)/t15?,16-,17+,18+/m0/s1. The van der Waals surface area contributed by atoms with E-state index < -0.39 is 23.6 Å². The van der Waals surface area contributed by atoms with Crippen molar-refractivity contribution in [1.82, 2.24) is 30.1 Å². The van der Waals surface area contributed by atoms with Gasteiger partial charge in [0.25, 0.3) is 0 Å². The minimum atomic E-state index is -0.704. The minimum absolute atomic E-state index is 0.151. The fraction of sp³-hybridized carbons (Fsp3) is 0.810.